The van der Waals surface area contributed by atoms with Crippen LogP contribution in [0.3, 0.4) is 0 Å². The van der Waals surface area contributed by atoms with E-state index in [1.165, 1.54) is 44.5 Å². The van der Waals surface area contributed by atoms with Crippen LogP contribution in [-0.2, 0) is 6.54 Å². The van der Waals surface area contributed by atoms with E-state index in [1.54, 1.807) is 0 Å². The van der Waals surface area contributed by atoms with Crippen molar-refractivity contribution in [2.75, 3.05) is 32.7 Å². The topological polar surface area (TPSA) is 39.7 Å². The largest absolute Gasteiger partial charge is 0.357 e. The third kappa shape index (κ3) is 7.04. The fraction of sp³-hybridized carbons (Fsp3) is 0.632. The number of aliphatic imine (C=N–C) groups is 1. The fourth-order valence-electron chi connectivity index (χ4n) is 2.89. The van der Waals surface area contributed by atoms with E-state index in [1.807, 2.05) is 6.07 Å². The Bertz CT molecular complexity index is 450. The van der Waals surface area contributed by atoms with Crippen molar-refractivity contribution in [3.05, 3.63) is 35.9 Å². The summed E-state index contributed by atoms with van der Waals surface area (Å²) in [6, 6.07) is 10.4. The molecule has 0 aromatic heterocycles. The number of hydrogen-bond acceptors (Lipinski definition) is 2. The molecule has 1 aliphatic rings. The summed E-state index contributed by atoms with van der Waals surface area (Å²) in [5.74, 6) is 1.83. The molecule has 0 amide bonds. The van der Waals surface area contributed by atoms with E-state index in [2.05, 4.69) is 58.6 Å². The van der Waals surface area contributed by atoms with Crippen LogP contribution >= 0.6 is 0 Å². The summed E-state index contributed by atoms with van der Waals surface area (Å²) >= 11 is 0. The third-order valence-corrected chi connectivity index (χ3v) is 4.43. The Balaban J connectivity index is 1.67. The Hall–Kier alpha value is -1.55. The lowest BCUT2D eigenvalue weighted by atomic mass is 9.99. The minimum atomic E-state index is 0.722. The van der Waals surface area contributed by atoms with Gasteiger partial charge in [-0.1, -0.05) is 37.3 Å². The minimum absolute atomic E-state index is 0.722. The van der Waals surface area contributed by atoms with Gasteiger partial charge >= 0.3 is 0 Å². The van der Waals surface area contributed by atoms with Crippen molar-refractivity contribution in [1.82, 2.24) is 15.5 Å². The van der Waals surface area contributed by atoms with Crippen molar-refractivity contribution in [1.29, 1.82) is 0 Å². The molecule has 1 aromatic carbocycles. The van der Waals surface area contributed by atoms with Crippen LogP contribution in [0.2, 0.25) is 0 Å². The van der Waals surface area contributed by atoms with E-state index < -0.39 is 0 Å². The Morgan fingerprint density at radius 3 is 2.61 bits per heavy atom. The normalized spacial score (nSPS) is 17.2. The molecule has 0 atom stereocenters. The molecular weight excluding hydrogens is 284 g/mol. The summed E-state index contributed by atoms with van der Waals surface area (Å²) in [4.78, 5) is 7.25. The number of rotatable bonds is 7. The van der Waals surface area contributed by atoms with Crippen LogP contribution in [0.4, 0.5) is 0 Å². The molecule has 128 valence electrons. The van der Waals surface area contributed by atoms with Gasteiger partial charge in [-0.05, 0) is 57.3 Å². The van der Waals surface area contributed by atoms with Crippen LogP contribution < -0.4 is 10.6 Å². The zero-order chi connectivity index (χ0) is 16.3. The van der Waals surface area contributed by atoms with Crippen molar-refractivity contribution in [3.63, 3.8) is 0 Å². The predicted molar refractivity (Wildman–Crippen MR) is 98.7 cm³/mol. The molecule has 0 aliphatic carbocycles. The number of benzene rings is 1. The fourth-order valence-corrected chi connectivity index (χ4v) is 2.89. The number of nitrogens with zero attached hydrogens (tertiary/aromatic N) is 2. The highest BCUT2D eigenvalue weighted by Crippen LogP contribution is 2.15. The summed E-state index contributed by atoms with van der Waals surface area (Å²) < 4.78 is 0. The highest BCUT2D eigenvalue weighted by molar-refractivity contribution is 5.79. The second-order valence-electron chi connectivity index (χ2n) is 6.49. The molecule has 0 bridgehead atoms. The van der Waals surface area contributed by atoms with Crippen LogP contribution in [0.5, 0.6) is 0 Å². The maximum atomic E-state index is 4.66. The molecular formula is C19H32N4. The minimum Gasteiger partial charge on any atom is -0.357 e. The first-order chi connectivity index (χ1) is 11.3. The Kier molecular flexibility index (Phi) is 7.95. The number of guanidine groups is 1. The summed E-state index contributed by atoms with van der Waals surface area (Å²) in [6.07, 6.45) is 3.88. The number of nitrogens with one attached hydrogen (secondary N) is 2. The van der Waals surface area contributed by atoms with Crippen molar-refractivity contribution >= 4 is 5.96 Å². The molecule has 23 heavy (non-hydrogen) atoms. The standard InChI is InChI=1S/C19H32N4/c1-3-20-19(22-16-18-8-5-4-6-9-18)21-12-7-13-23-14-10-17(2)11-15-23/h4-6,8-9,17H,3,7,10-16H2,1-2H3,(H2,20,21,22). The third-order valence-electron chi connectivity index (χ3n) is 4.43. The molecule has 2 rings (SSSR count). The summed E-state index contributed by atoms with van der Waals surface area (Å²) in [5.41, 5.74) is 1.24. The second-order valence-corrected chi connectivity index (χ2v) is 6.49. The van der Waals surface area contributed by atoms with E-state index in [0.29, 0.717) is 0 Å². The van der Waals surface area contributed by atoms with Gasteiger partial charge in [0.15, 0.2) is 5.96 Å². The number of hydrogen-bond donors (Lipinski definition) is 2. The van der Waals surface area contributed by atoms with Crippen molar-refractivity contribution < 1.29 is 0 Å². The van der Waals surface area contributed by atoms with Gasteiger partial charge in [-0.15, -0.1) is 0 Å². The van der Waals surface area contributed by atoms with Crippen molar-refractivity contribution in [2.24, 2.45) is 10.9 Å². The van der Waals surface area contributed by atoms with Gasteiger partial charge in [0, 0.05) is 13.1 Å². The summed E-state index contributed by atoms with van der Waals surface area (Å²) in [6.45, 7) is 10.8. The van der Waals surface area contributed by atoms with Gasteiger partial charge in [0.1, 0.15) is 0 Å². The van der Waals surface area contributed by atoms with Crippen LogP contribution in [0, 0.1) is 5.92 Å². The molecule has 0 spiro atoms. The molecule has 0 unspecified atom stereocenters. The first-order valence-corrected chi connectivity index (χ1v) is 9.06. The highest BCUT2D eigenvalue weighted by Gasteiger charge is 2.14. The summed E-state index contributed by atoms with van der Waals surface area (Å²) in [7, 11) is 0. The molecule has 1 aromatic rings. The maximum absolute atomic E-state index is 4.66. The van der Waals surface area contributed by atoms with Crippen molar-refractivity contribution in [2.45, 2.75) is 39.7 Å². The highest BCUT2D eigenvalue weighted by atomic mass is 15.2. The smallest absolute Gasteiger partial charge is 0.191 e. The van der Waals surface area contributed by atoms with Gasteiger partial charge in [0.05, 0.1) is 6.54 Å². The molecule has 0 radical (unpaired) electrons. The first kappa shape index (κ1) is 17.8. The molecule has 2 N–H and O–H groups in total. The van der Waals surface area contributed by atoms with Crippen LogP contribution in [0.15, 0.2) is 35.3 Å². The van der Waals surface area contributed by atoms with E-state index in [-0.39, 0.29) is 0 Å². The van der Waals surface area contributed by atoms with Crippen LogP contribution in [0.25, 0.3) is 0 Å². The van der Waals surface area contributed by atoms with Crippen LogP contribution in [-0.4, -0.2) is 43.6 Å². The first-order valence-electron chi connectivity index (χ1n) is 9.06. The van der Waals surface area contributed by atoms with Crippen molar-refractivity contribution in [3.8, 4) is 0 Å². The van der Waals surface area contributed by atoms with Gasteiger partial charge in [0.25, 0.3) is 0 Å². The van der Waals surface area contributed by atoms with E-state index in [0.717, 1.165) is 31.5 Å². The lowest BCUT2D eigenvalue weighted by molar-refractivity contribution is 0.191. The lowest BCUT2D eigenvalue weighted by Crippen LogP contribution is -2.39. The van der Waals surface area contributed by atoms with Gasteiger partial charge < -0.3 is 15.5 Å². The van der Waals surface area contributed by atoms with Crippen LogP contribution in [0.1, 0.15) is 38.7 Å². The van der Waals surface area contributed by atoms with Gasteiger partial charge in [-0.2, -0.15) is 0 Å². The lowest BCUT2D eigenvalue weighted by Gasteiger charge is -2.30. The Morgan fingerprint density at radius 1 is 1.17 bits per heavy atom. The maximum Gasteiger partial charge on any atom is 0.191 e. The zero-order valence-electron chi connectivity index (χ0n) is 14.7. The Morgan fingerprint density at radius 2 is 1.91 bits per heavy atom. The van der Waals surface area contributed by atoms with E-state index in [9.17, 15) is 0 Å². The average molecular weight is 316 g/mol. The zero-order valence-corrected chi connectivity index (χ0v) is 14.7. The molecule has 1 saturated heterocycles. The molecule has 1 fully saturated rings. The molecule has 0 saturated carbocycles. The van der Waals surface area contributed by atoms with E-state index in [4.69, 9.17) is 0 Å². The molecule has 1 aliphatic heterocycles. The number of piperidine rings is 1. The van der Waals surface area contributed by atoms with Gasteiger partial charge in [-0.3, -0.25) is 0 Å². The molecule has 4 nitrogen and oxygen atoms in total. The van der Waals surface area contributed by atoms with Gasteiger partial charge in [0.2, 0.25) is 0 Å². The predicted octanol–water partition coefficient (Wildman–Crippen LogP) is 2.86. The quantitative estimate of drug-likeness (QED) is 0.462. The molecule has 4 heteroatoms. The Labute approximate surface area is 141 Å². The monoisotopic (exact) mass is 316 g/mol. The van der Waals surface area contributed by atoms with E-state index >= 15 is 0 Å². The summed E-state index contributed by atoms with van der Waals surface area (Å²) in [5, 5.41) is 6.77. The molecule has 1 heterocycles. The average Bonchev–Trinajstić information content (AvgIpc) is 2.59. The number of likely N-dealkylation sites (tertiary alicyclic amines) is 1. The van der Waals surface area contributed by atoms with Gasteiger partial charge in [-0.25, -0.2) is 4.99 Å². The SMILES string of the molecule is CCNC(=NCc1ccccc1)NCCCN1CCC(C)CC1. The second kappa shape index (κ2) is 10.3.